The minimum atomic E-state index is -0.523. The quantitative estimate of drug-likeness (QED) is 0.545. The van der Waals surface area contributed by atoms with Gasteiger partial charge in [-0.05, 0) is 26.7 Å². The Morgan fingerprint density at radius 2 is 1.76 bits per heavy atom. The van der Waals surface area contributed by atoms with Crippen LogP contribution in [0.3, 0.4) is 0 Å². The third-order valence-electron chi connectivity index (χ3n) is 4.85. The van der Waals surface area contributed by atoms with Gasteiger partial charge in [0.2, 0.25) is 5.88 Å². The number of benzene rings is 1. The standard InChI is InChI=1S/C23H37N3O3/c1-6-26(7-2)23-21(22(24-29-23)19-12-10-9-11-13-19)16-25(14-18(4)5)15-20(27)17-28-8-3/h9-13,18,20,27H,6-8,14-17H2,1-5H3/t20-/m0/s1. The average Bonchev–Trinajstić information content (AvgIpc) is 3.11. The lowest BCUT2D eigenvalue weighted by atomic mass is 10.1. The number of rotatable bonds is 13. The van der Waals surface area contributed by atoms with Crippen molar-refractivity contribution >= 4 is 5.88 Å². The summed E-state index contributed by atoms with van der Waals surface area (Å²) in [6.07, 6.45) is -0.523. The van der Waals surface area contributed by atoms with Gasteiger partial charge in [-0.3, -0.25) is 4.90 Å². The van der Waals surface area contributed by atoms with Gasteiger partial charge in [0, 0.05) is 44.9 Å². The molecule has 0 aliphatic carbocycles. The predicted octanol–water partition coefficient (Wildman–Crippen LogP) is 4.04. The summed E-state index contributed by atoms with van der Waals surface area (Å²) in [6, 6.07) is 10.2. The molecule has 0 fully saturated rings. The smallest absolute Gasteiger partial charge is 0.232 e. The molecule has 0 radical (unpaired) electrons. The van der Waals surface area contributed by atoms with Crippen LogP contribution in [0, 0.1) is 5.92 Å². The molecule has 1 atom stereocenters. The van der Waals surface area contributed by atoms with Crippen molar-refractivity contribution < 1.29 is 14.4 Å². The lowest BCUT2D eigenvalue weighted by Gasteiger charge is -2.28. The van der Waals surface area contributed by atoms with Crippen molar-refractivity contribution in [2.45, 2.75) is 47.3 Å². The van der Waals surface area contributed by atoms with Crippen LogP contribution in [-0.4, -0.2) is 60.7 Å². The molecule has 0 saturated heterocycles. The molecule has 6 heteroatoms. The molecule has 0 unspecified atom stereocenters. The van der Waals surface area contributed by atoms with Crippen LogP contribution in [0.15, 0.2) is 34.9 Å². The number of aromatic nitrogens is 1. The number of hydrogen-bond acceptors (Lipinski definition) is 6. The van der Waals surface area contributed by atoms with E-state index >= 15 is 0 Å². The van der Waals surface area contributed by atoms with Crippen molar-refractivity contribution in [3.8, 4) is 11.3 Å². The first-order chi connectivity index (χ1) is 14.0. The second kappa shape index (κ2) is 12.0. The molecular formula is C23H37N3O3. The van der Waals surface area contributed by atoms with Crippen molar-refractivity contribution in [1.29, 1.82) is 0 Å². The second-order valence-corrected chi connectivity index (χ2v) is 7.75. The van der Waals surface area contributed by atoms with E-state index in [0.717, 1.165) is 42.3 Å². The Kier molecular flexibility index (Phi) is 9.64. The molecule has 2 aromatic rings. The van der Waals surface area contributed by atoms with Gasteiger partial charge in [0.15, 0.2) is 0 Å². The summed E-state index contributed by atoms with van der Waals surface area (Å²) in [5.74, 6) is 1.30. The minimum Gasteiger partial charge on any atom is -0.389 e. The van der Waals surface area contributed by atoms with Gasteiger partial charge in [-0.2, -0.15) is 0 Å². The highest BCUT2D eigenvalue weighted by Gasteiger charge is 2.24. The molecule has 29 heavy (non-hydrogen) atoms. The normalized spacial score (nSPS) is 12.7. The van der Waals surface area contributed by atoms with Crippen LogP contribution >= 0.6 is 0 Å². The molecule has 0 aliphatic rings. The van der Waals surface area contributed by atoms with Gasteiger partial charge >= 0.3 is 0 Å². The van der Waals surface area contributed by atoms with Gasteiger partial charge in [0.1, 0.15) is 5.69 Å². The fraction of sp³-hybridized carbons (Fsp3) is 0.609. The van der Waals surface area contributed by atoms with Gasteiger partial charge in [-0.1, -0.05) is 49.3 Å². The molecule has 1 aromatic carbocycles. The summed E-state index contributed by atoms with van der Waals surface area (Å²) in [7, 11) is 0. The number of aliphatic hydroxyl groups excluding tert-OH is 1. The topological polar surface area (TPSA) is 62.0 Å². The summed E-state index contributed by atoms with van der Waals surface area (Å²) in [4.78, 5) is 4.47. The molecule has 0 spiro atoms. The molecule has 162 valence electrons. The zero-order valence-electron chi connectivity index (χ0n) is 18.6. The third-order valence-corrected chi connectivity index (χ3v) is 4.85. The molecule has 0 amide bonds. The molecule has 1 heterocycles. The molecule has 0 aliphatic heterocycles. The summed E-state index contributed by atoms with van der Waals surface area (Å²) in [5.41, 5.74) is 2.99. The van der Waals surface area contributed by atoms with E-state index in [1.54, 1.807) is 0 Å². The maximum Gasteiger partial charge on any atom is 0.232 e. The Balaban J connectivity index is 2.35. The average molecular weight is 404 g/mol. The van der Waals surface area contributed by atoms with E-state index in [1.807, 2.05) is 25.1 Å². The molecule has 6 nitrogen and oxygen atoms in total. The van der Waals surface area contributed by atoms with E-state index in [9.17, 15) is 5.11 Å². The fourth-order valence-corrected chi connectivity index (χ4v) is 3.57. The maximum atomic E-state index is 10.4. The van der Waals surface area contributed by atoms with Gasteiger partial charge in [0.05, 0.1) is 18.3 Å². The Morgan fingerprint density at radius 1 is 1.07 bits per heavy atom. The van der Waals surface area contributed by atoms with Gasteiger partial charge in [-0.15, -0.1) is 0 Å². The van der Waals surface area contributed by atoms with Crippen LogP contribution in [0.4, 0.5) is 5.88 Å². The van der Waals surface area contributed by atoms with Crippen molar-refractivity contribution in [2.24, 2.45) is 5.92 Å². The van der Waals surface area contributed by atoms with Gasteiger partial charge in [0.25, 0.3) is 0 Å². The van der Waals surface area contributed by atoms with Crippen LogP contribution in [-0.2, 0) is 11.3 Å². The summed E-state index contributed by atoms with van der Waals surface area (Å²) in [6.45, 7) is 15.3. The minimum absolute atomic E-state index is 0.350. The number of hydrogen-bond donors (Lipinski definition) is 1. The number of ether oxygens (including phenoxy) is 1. The summed E-state index contributed by atoms with van der Waals surface area (Å²) in [5, 5.41) is 14.9. The summed E-state index contributed by atoms with van der Waals surface area (Å²) >= 11 is 0. The first kappa shape index (κ1) is 23.4. The monoisotopic (exact) mass is 403 g/mol. The number of aliphatic hydroxyl groups is 1. The molecule has 2 rings (SSSR count). The van der Waals surface area contributed by atoms with Crippen LogP contribution in [0.2, 0.25) is 0 Å². The Labute approximate surface area is 175 Å². The zero-order valence-corrected chi connectivity index (χ0v) is 18.6. The van der Waals surface area contributed by atoms with Crippen LogP contribution in [0.25, 0.3) is 11.3 Å². The largest absolute Gasteiger partial charge is 0.389 e. The van der Waals surface area contributed by atoms with Crippen molar-refractivity contribution in [3.05, 3.63) is 35.9 Å². The van der Waals surface area contributed by atoms with Crippen LogP contribution in [0.1, 0.15) is 40.2 Å². The first-order valence-corrected chi connectivity index (χ1v) is 10.8. The van der Waals surface area contributed by atoms with E-state index in [2.05, 4.69) is 54.8 Å². The first-order valence-electron chi connectivity index (χ1n) is 10.8. The molecule has 0 saturated carbocycles. The highest BCUT2D eigenvalue weighted by molar-refractivity contribution is 5.68. The van der Waals surface area contributed by atoms with Crippen LogP contribution < -0.4 is 4.90 Å². The summed E-state index contributed by atoms with van der Waals surface area (Å²) < 4.78 is 11.2. The van der Waals surface area contributed by atoms with Crippen molar-refractivity contribution in [3.63, 3.8) is 0 Å². The number of anilines is 1. The Bertz CT molecular complexity index is 699. The van der Waals surface area contributed by atoms with Gasteiger partial charge < -0.3 is 19.3 Å². The predicted molar refractivity (Wildman–Crippen MR) is 118 cm³/mol. The molecular weight excluding hydrogens is 366 g/mol. The van der Waals surface area contributed by atoms with E-state index < -0.39 is 6.10 Å². The van der Waals surface area contributed by atoms with Crippen molar-refractivity contribution in [2.75, 3.05) is 44.3 Å². The Morgan fingerprint density at radius 3 is 2.34 bits per heavy atom. The number of nitrogens with zero attached hydrogens (tertiary/aromatic N) is 3. The third kappa shape index (κ3) is 6.84. The van der Waals surface area contributed by atoms with E-state index in [-0.39, 0.29) is 0 Å². The SMILES string of the molecule is CCOC[C@@H](O)CN(Cc1c(-c2ccccc2)noc1N(CC)CC)CC(C)C. The highest BCUT2D eigenvalue weighted by atomic mass is 16.5. The van der Waals surface area contributed by atoms with E-state index in [0.29, 0.717) is 32.2 Å². The van der Waals surface area contributed by atoms with Gasteiger partial charge in [-0.25, -0.2) is 0 Å². The fourth-order valence-electron chi connectivity index (χ4n) is 3.57. The lowest BCUT2D eigenvalue weighted by molar-refractivity contribution is 0.0175. The van der Waals surface area contributed by atoms with E-state index in [1.165, 1.54) is 0 Å². The second-order valence-electron chi connectivity index (χ2n) is 7.75. The highest BCUT2D eigenvalue weighted by Crippen LogP contribution is 2.32. The van der Waals surface area contributed by atoms with Crippen LogP contribution in [0.5, 0.6) is 0 Å². The Hall–Kier alpha value is -1.89. The maximum absolute atomic E-state index is 10.4. The zero-order chi connectivity index (χ0) is 21.2. The lowest BCUT2D eigenvalue weighted by Crippen LogP contribution is -2.37. The van der Waals surface area contributed by atoms with E-state index in [4.69, 9.17) is 9.26 Å². The van der Waals surface area contributed by atoms with Crippen molar-refractivity contribution in [1.82, 2.24) is 10.1 Å². The molecule has 0 bridgehead atoms. The molecule has 1 aromatic heterocycles. The molecule has 1 N–H and O–H groups in total.